The summed E-state index contributed by atoms with van der Waals surface area (Å²) in [4.78, 5) is 28.3. The molecule has 3 aliphatic heterocycles. The maximum atomic E-state index is 13.7. The van der Waals surface area contributed by atoms with Crippen LogP contribution in [0.3, 0.4) is 0 Å². The number of hydrogen-bond donors (Lipinski definition) is 1. The first-order valence-electron chi connectivity index (χ1n) is 13.4. The van der Waals surface area contributed by atoms with Gasteiger partial charge in [0.25, 0.3) is 0 Å². The fourth-order valence-corrected chi connectivity index (χ4v) is 6.28. The summed E-state index contributed by atoms with van der Waals surface area (Å²) in [6.07, 6.45) is 9.18. The van der Waals surface area contributed by atoms with Gasteiger partial charge in [0.05, 0.1) is 12.2 Å². The molecule has 6 rings (SSSR count). The van der Waals surface area contributed by atoms with Crippen LogP contribution in [0.25, 0.3) is 0 Å². The second kappa shape index (κ2) is 12.0. The summed E-state index contributed by atoms with van der Waals surface area (Å²) in [5, 5.41) is 4.87. The van der Waals surface area contributed by atoms with Gasteiger partial charge >= 0.3 is 6.03 Å². The predicted octanol–water partition coefficient (Wildman–Crippen LogP) is 6.16. The number of thiophene rings is 1. The van der Waals surface area contributed by atoms with Crippen LogP contribution in [0, 0.1) is 0 Å². The van der Waals surface area contributed by atoms with E-state index in [0.29, 0.717) is 45.5 Å². The minimum Gasteiger partial charge on any atom is -0.488 e. The van der Waals surface area contributed by atoms with E-state index >= 15 is 0 Å². The lowest BCUT2D eigenvalue weighted by Gasteiger charge is -2.35. The van der Waals surface area contributed by atoms with Gasteiger partial charge < -0.3 is 14.8 Å². The SMILES string of the molecule is O=C1N2C/C=C\COc3cc(ccc3OCCN3CCCCC3)Nc3ncc(c2n3)CN1c1c(CF)csc1Cl. The van der Waals surface area contributed by atoms with Crippen LogP contribution in [-0.4, -0.2) is 60.3 Å². The van der Waals surface area contributed by atoms with Crippen LogP contribution in [0.5, 0.6) is 11.5 Å². The summed E-state index contributed by atoms with van der Waals surface area (Å²) in [5.41, 5.74) is 2.24. The Balaban J connectivity index is 1.24. The lowest BCUT2D eigenvalue weighted by atomic mass is 10.1. The highest BCUT2D eigenvalue weighted by Crippen LogP contribution is 2.41. The highest BCUT2D eigenvalue weighted by Gasteiger charge is 2.35. The van der Waals surface area contributed by atoms with Crippen molar-refractivity contribution in [1.29, 1.82) is 0 Å². The second-order valence-corrected chi connectivity index (χ2v) is 11.3. The third-order valence-electron chi connectivity index (χ3n) is 7.20. The molecule has 3 aliphatic rings. The minimum absolute atomic E-state index is 0.189. The van der Waals surface area contributed by atoms with Gasteiger partial charge in [-0.25, -0.2) is 14.2 Å². The Bertz CT molecular complexity index is 1410. The average molecular weight is 585 g/mol. The van der Waals surface area contributed by atoms with Crippen molar-refractivity contribution in [2.75, 3.05) is 54.5 Å². The number of aromatic nitrogens is 2. The Labute approximate surface area is 241 Å². The molecule has 0 unspecified atom stereocenters. The average Bonchev–Trinajstić information content (AvgIpc) is 3.35. The number of piperidine rings is 1. The predicted molar refractivity (Wildman–Crippen MR) is 155 cm³/mol. The zero-order valence-electron chi connectivity index (χ0n) is 21.9. The van der Waals surface area contributed by atoms with Gasteiger partial charge in [-0.15, -0.1) is 11.3 Å². The van der Waals surface area contributed by atoms with Gasteiger partial charge in [0.15, 0.2) is 11.5 Å². The third-order valence-corrected chi connectivity index (χ3v) is 8.45. The molecule has 3 aromatic rings. The number of amides is 2. The molecule has 1 aromatic carbocycles. The molecule has 1 saturated heterocycles. The quantitative estimate of drug-likeness (QED) is 0.347. The summed E-state index contributed by atoms with van der Waals surface area (Å²) in [5.74, 6) is 2.12. The van der Waals surface area contributed by atoms with Crippen LogP contribution < -0.4 is 24.6 Å². The number of anilines is 4. The summed E-state index contributed by atoms with van der Waals surface area (Å²) < 4.78 is 26.3. The summed E-state index contributed by atoms with van der Waals surface area (Å²) in [7, 11) is 0. The number of carbonyl (C=O) groups excluding carboxylic acids is 1. The lowest BCUT2D eigenvalue weighted by Crippen LogP contribution is -2.48. The normalized spacial score (nSPS) is 18.2. The molecule has 0 radical (unpaired) electrons. The standard InChI is InChI=1S/C28H30ClFN6O3S/c29-25-24(19(15-30)18-40-25)36-17-20-16-31-27-32-21-6-7-22(39-13-11-34-8-2-1-3-9-34)23(14-21)38-12-5-4-10-35(28(36)37)26(20)33-27/h4-7,14,16,18H,1-3,8-13,15,17H2,(H,31,32,33)/b5-4-. The van der Waals surface area contributed by atoms with Gasteiger partial charge in [-0.1, -0.05) is 24.1 Å². The number of likely N-dealkylation sites (tertiary alicyclic amines) is 1. The van der Waals surface area contributed by atoms with E-state index < -0.39 is 6.67 Å². The number of alkyl halides is 1. The largest absolute Gasteiger partial charge is 0.488 e. The Morgan fingerprint density at radius 1 is 1.18 bits per heavy atom. The first kappa shape index (κ1) is 26.8. The highest BCUT2D eigenvalue weighted by atomic mass is 35.5. The van der Waals surface area contributed by atoms with Crippen molar-refractivity contribution in [2.45, 2.75) is 32.5 Å². The Morgan fingerprint density at radius 2 is 2.05 bits per heavy atom. The van der Waals surface area contributed by atoms with E-state index in [-0.39, 0.29) is 25.7 Å². The molecule has 9 nitrogen and oxygen atoms in total. The number of ether oxygens (including phenoxy) is 2. The van der Waals surface area contributed by atoms with Gasteiger partial charge in [-0.3, -0.25) is 14.7 Å². The molecular formula is C28H30ClFN6O3S. The Kier molecular flexibility index (Phi) is 8.03. The van der Waals surface area contributed by atoms with Gasteiger partial charge in [-0.2, -0.15) is 4.98 Å². The molecule has 1 N–H and O–H groups in total. The zero-order chi connectivity index (χ0) is 27.5. The van der Waals surface area contributed by atoms with Crippen molar-refractivity contribution in [1.82, 2.24) is 14.9 Å². The number of halogens is 2. The zero-order valence-corrected chi connectivity index (χ0v) is 23.5. The number of fused-ring (bicyclic) bond motifs is 3. The van der Waals surface area contributed by atoms with Crippen molar-refractivity contribution in [3.63, 3.8) is 0 Å². The number of nitrogens with one attached hydrogen (secondary N) is 1. The fourth-order valence-electron chi connectivity index (χ4n) is 5.15. The van der Waals surface area contributed by atoms with Crippen LogP contribution in [0.4, 0.5) is 32.3 Å². The number of rotatable bonds is 6. The number of urea groups is 1. The van der Waals surface area contributed by atoms with Crippen LogP contribution in [0.15, 0.2) is 41.9 Å². The van der Waals surface area contributed by atoms with Crippen molar-refractivity contribution < 1.29 is 18.7 Å². The van der Waals surface area contributed by atoms with Gasteiger partial charge in [0, 0.05) is 47.5 Å². The Morgan fingerprint density at radius 3 is 2.90 bits per heavy atom. The van der Waals surface area contributed by atoms with Crippen molar-refractivity contribution in [2.24, 2.45) is 0 Å². The second-order valence-electron chi connectivity index (χ2n) is 9.86. The first-order valence-corrected chi connectivity index (χ1v) is 14.7. The van der Waals surface area contributed by atoms with Crippen molar-refractivity contribution in [3.8, 4) is 11.5 Å². The van der Waals surface area contributed by atoms with Gasteiger partial charge in [0.2, 0.25) is 5.95 Å². The third kappa shape index (κ3) is 5.59. The molecule has 0 atom stereocenters. The molecule has 40 heavy (non-hydrogen) atoms. The number of carbonyl (C=O) groups is 1. The van der Waals surface area contributed by atoms with E-state index in [9.17, 15) is 9.18 Å². The van der Waals surface area contributed by atoms with E-state index in [4.69, 9.17) is 21.1 Å². The smallest absolute Gasteiger partial charge is 0.330 e. The van der Waals surface area contributed by atoms with Crippen molar-refractivity contribution in [3.05, 3.63) is 57.4 Å². The van der Waals surface area contributed by atoms with Crippen LogP contribution in [-0.2, 0) is 13.2 Å². The fraction of sp³-hybridized carbons (Fsp3) is 0.393. The van der Waals surface area contributed by atoms with E-state index in [2.05, 4.69) is 20.2 Å². The maximum Gasteiger partial charge on any atom is 0.330 e. The monoisotopic (exact) mass is 584 g/mol. The van der Waals surface area contributed by atoms with Crippen molar-refractivity contribution >= 4 is 52.1 Å². The van der Waals surface area contributed by atoms with E-state index in [1.54, 1.807) is 16.5 Å². The summed E-state index contributed by atoms with van der Waals surface area (Å²) in [6, 6.07) is 5.31. The van der Waals surface area contributed by atoms with Crippen LogP contribution >= 0.6 is 22.9 Å². The van der Waals surface area contributed by atoms with E-state index in [1.807, 2.05) is 30.4 Å². The number of nitrogens with zero attached hydrogens (tertiary/aromatic N) is 5. The Hall–Kier alpha value is -3.41. The maximum absolute atomic E-state index is 13.7. The summed E-state index contributed by atoms with van der Waals surface area (Å²) >= 11 is 7.60. The highest BCUT2D eigenvalue weighted by molar-refractivity contribution is 7.15. The van der Waals surface area contributed by atoms with E-state index in [0.717, 1.165) is 30.9 Å². The molecule has 4 bridgehead atoms. The molecule has 0 saturated carbocycles. The number of benzene rings is 1. The van der Waals surface area contributed by atoms with Crippen LogP contribution in [0.1, 0.15) is 30.4 Å². The first-order chi connectivity index (χ1) is 19.6. The molecule has 2 amide bonds. The van der Waals surface area contributed by atoms with E-state index in [1.165, 1.54) is 35.5 Å². The van der Waals surface area contributed by atoms with Gasteiger partial charge in [0.1, 0.15) is 30.0 Å². The van der Waals surface area contributed by atoms with Crippen LogP contribution in [0.2, 0.25) is 4.34 Å². The lowest BCUT2D eigenvalue weighted by molar-refractivity contribution is 0.180. The molecule has 5 heterocycles. The minimum atomic E-state index is -0.714. The molecule has 12 heteroatoms. The summed E-state index contributed by atoms with van der Waals surface area (Å²) in [6.45, 7) is 3.71. The number of hydrogen-bond acceptors (Lipinski definition) is 8. The molecule has 210 valence electrons. The molecule has 0 spiro atoms. The topological polar surface area (TPSA) is 83.1 Å². The molecule has 2 aromatic heterocycles. The molecule has 1 fully saturated rings. The van der Waals surface area contributed by atoms with Gasteiger partial charge in [-0.05, 0) is 44.1 Å². The molecular weight excluding hydrogens is 555 g/mol. The molecule has 0 aliphatic carbocycles.